The summed E-state index contributed by atoms with van der Waals surface area (Å²) in [6.45, 7) is 0. The van der Waals surface area contributed by atoms with E-state index in [9.17, 15) is 0 Å². The molecule has 0 spiro atoms. The Bertz CT molecular complexity index is 710. The molecule has 0 amide bonds. The van der Waals surface area contributed by atoms with Crippen molar-refractivity contribution in [1.82, 2.24) is 14.6 Å². The predicted molar refractivity (Wildman–Crippen MR) is 71.6 cm³/mol. The molecule has 3 rings (SSSR count). The molecule has 18 heavy (non-hydrogen) atoms. The first-order valence-electron chi connectivity index (χ1n) is 5.25. The molecule has 2 heterocycles. The molecule has 0 saturated carbocycles. The van der Waals surface area contributed by atoms with Gasteiger partial charge in [-0.05, 0) is 24.3 Å². The summed E-state index contributed by atoms with van der Waals surface area (Å²) in [5, 5.41) is 4.12. The zero-order chi connectivity index (χ0) is 12.5. The van der Waals surface area contributed by atoms with Crippen molar-refractivity contribution in [3.05, 3.63) is 47.3 Å². The first-order valence-corrected chi connectivity index (χ1v) is 6.04. The van der Waals surface area contributed by atoms with E-state index in [-0.39, 0.29) is 0 Å². The minimum atomic E-state index is 0.476. The van der Waals surface area contributed by atoms with E-state index in [1.165, 1.54) is 0 Å². The van der Waals surface area contributed by atoms with Crippen molar-refractivity contribution in [1.29, 1.82) is 0 Å². The predicted octanol–water partition coefficient (Wildman–Crippen LogP) is 2.87. The molecule has 6 heteroatoms. The Labute approximate surface area is 111 Å². The minimum Gasteiger partial charge on any atom is -0.435 e. The molecule has 2 N–H and O–H groups in total. The van der Waals surface area contributed by atoms with E-state index >= 15 is 0 Å². The van der Waals surface area contributed by atoms with Crippen molar-refractivity contribution in [3.63, 3.8) is 0 Å². The number of hydrogen-bond donors (Lipinski definition) is 1. The van der Waals surface area contributed by atoms with Crippen LogP contribution in [0.2, 0.25) is 0 Å². The lowest BCUT2D eigenvalue weighted by Crippen LogP contribution is -1.96. The average Bonchev–Trinajstić information content (AvgIpc) is 2.82. The van der Waals surface area contributed by atoms with E-state index in [0.29, 0.717) is 17.3 Å². The number of fused-ring (bicyclic) bond motifs is 1. The first kappa shape index (κ1) is 11.0. The Hall–Kier alpha value is -2.08. The Morgan fingerprint density at radius 3 is 2.94 bits per heavy atom. The lowest BCUT2D eigenvalue weighted by Gasteiger charge is -2.08. The van der Waals surface area contributed by atoms with Gasteiger partial charge in [0.15, 0.2) is 5.75 Å². The molecule has 0 aliphatic rings. The maximum atomic E-state index is 5.88. The normalized spacial score (nSPS) is 10.7. The van der Waals surface area contributed by atoms with Gasteiger partial charge in [0.25, 0.3) is 0 Å². The van der Waals surface area contributed by atoms with Gasteiger partial charge in [-0.2, -0.15) is 5.10 Å². The van der Waals surface area contributed by atoms with Gasteiger partial charge in [-0.25, -0.2) is 9.50 Å². The van der Waals surface area contributed by atoms with Crippen LogP contribution >= 0.6 is 15.9 Å². The van der Waals surface area contributed by atoms with Crippen molar-refractivity contribution in [2.24, 2.45) is 0 Å². The van der Waals surface area contributed by atoms with Gasteiger partial charge in [-0.3, -0.25) is 0 Å². The molecule has 1 aromatic carbocycles. The van der Waals surface area contributed by atoms with Crippen molar-refractivity contribution in [2.75, 3.05) is 5.73 Å². The SMILES string of the molecule is Nc1cc(Br)ccc1Oc1nccn2nccc12. The van der Waals surface area contributed by atoms with Crippen LogP contribution in [0.25, 0.3) is 5.52 Å². The molecule has 0 bridgehead atoms. The van der Waals surface area contributed by atoms with Crippen LogP contribution in [-0.4, -0.2) is 14.6 Å². The molecule has 0 atom stereocenters. The Kier molecular flexibility index (Phi) is 2.64. The summed E-state index contributed by atoms with van der Waals surface area (Å²) in [7, 11) is 0. The summed E-state index contributed by atoms with van der Waals surface area (Å²) < 4.78 is 8.32. The van der Waals surface area contributed by atoms with E-state index in [4.69, 9.17) is 10.5 Å². The maximum Gasteiger partial charge on any atom is 0.245 e. The lowest BCUT2D eigenvalue weighted by atomic mass is 10.3. The van der Waals surface area contributed by atoms with Crippen LogP contribution in [0.1, 0.15) is 0 Å². The van der Waals surface area contributed by atoms with Gasteiger partial charge in [0, 0.05) is 16.9 Å². The van der Waals surface area contributed by atoms with E-state index in [1.807, 2.05) is 12.1 Å². The van der Waals surface area contributed by atoms with E-state index < -0.39 is 0 Å². The van der Waals surface area contributed by atoms with Crippen molar-refractivity contribution >= 4 is 27.1 Å². The van der Waals surface area contributed by atoms with Gasteiger partial charge in [0.1, 0.15) is 5.52 Å². The molecule has 90 valence electrons. The zero-order valence-electron chi connectivity index (χ0n) is 9.25. The molecule has 2 aromatic heterocycles. The third kappa shape index (κ3) is 1.91. The van der Waals surface area contributed by atoms with Crippen molar-refractivity contribution in [2.45, 2.75) is 0 Å². The number of anilines is 1. The maximum absolute atomic E-state index is 5.88. The fourth-order valence-corrected chi connectivity index (χ4v) is 2.01. The van der Waals surface area contributed by atoms with Crippen LogP contribution in [-0.2, 0) is 0 Å². The van der Waals surface area contributed by atoms with Crippen LogP contribution in [0, 0.1) is 0 Å². The molecule has 0 aliphatic carbocycles. The molecular weight excluding hydrogens is 296 g/mol. The monoisotopic (exact) mass is 304 g/mol. The van der Waals surface area contributed by atoms with Crippen molar-refractivity contribution < 1.29 is 4.74 Å². The second-order valence-electron chi connectivity index (χ2n) is 3.68. The summed E-state index contributed by atoms with van der Waals surface area (Å²) in [5.74, 6) is 1.05. The van der Waals surface area contributed by atoms with Crippen LogP contribution < -0.4 is 10.5 Å². The molecule has 3 aromatic rings. The number of aromatic nitrogens is 3. The largest absolute Gasteiger partial charge is 0.435 e. The van der Waals surface area contributed by atoms with Gasteiger partial charge in [-0.1, -0.05) is 15.9 Å². The highest BCUT2D eigenvalue weighted by molar-refractivity contribution is 9.10. The average molecular weight is 305 g/mol. The highest BCUT2D eigenvalue weighted by Crippen LogP contribution is 2.30. The van der Waals surface area contributed by atoms with Crippen LogP contribution in [0.5, 0.6) is 11.6 Å². The highest BCUT2D eigenvalue weighted by Gasteiger charge is 2.08. The second kappa shape index (κ2) is 4.30. The lowest BCUT2D eigenvalue weighted by molar-refractivity contribution is 0.467. The number of rotatable bonds is 2. The molecule has 0 aliphatic heterocycles. The van der Waals surface area contributed by atoms with Crippen LogP contribution in [0.4, 0.5) is 5.69 Å². The third-order valence-corrected chi connectivity index (χ3v) is 2.96. The summed E-state index contributed by atoms with van der Waals surface area (Å²) in [5.41, 5.74) is 7.22. The molecular formula is C12H9BrN4O. The van der Waals surface area contributed by atoms with E-state index in [0.717, 1.165) is 9.99 Å². The molecule has 0 saturated heterocycles. The summed E-state index contributed by atoms with van der Waals surface area (Å²) in [6.07, 6.45) is 5.08. The summed E-state index contributed by atoms with van der Waals surface area (Å²) in [6, 6.07) is 7.27. The van der Waals surface area contributed by atoms with Gasteiger partial charge in [0.05, 0.1) is 11.9 Å². The third-order valence-electron chi connectivity index (χ3n) is 2.47. The minimum absolute atomic E-state index is 0.476. The van der Waals surface area contributed by atoms with Crippen LogP contribution in [0.15, 0.2) is 47.3 Å². The fourth-order valence-electron chi connectivity index (χ4n) is 1.63. The number of ether oxygens (including phenoxy) is 1. The topological polar surface area (TPSA) is 65.4 Å². The van der Waals surface area contributed by atoms with Gasteiger partial charge >= 0.3 is 0 Å². The number of nitrogens with two attached hydrogens (primary N) is 1. The smallest absolute Gasteiger partial charge is 0.245 e. The second-order valence-corrected chi connectivity index (χ2v) is 4.59. The first-order chi connectivity index (χ1) is 8.74. The van der Waals surface area contributed by atoms with E-state index in [2.05, 4.69) is 26.0 Å². The Morgan fingerprint density at radius 2 is 2.11 bits per heavy atom. The molecule has 0 unspecified atom stereocenters. The van der Waals surface area contributed by atoms with Gasteiger partial charge in [-0.15, -0.1) is 0 Å². The van der Waals surface area contributed by atoms with Gasteiger partial charge in [0.2, 0.25) is 5.88 Å². The Balaban J connectivity index is 2.03. The number of halogens is 1. The summed E-state index contributed by atoms with van der Waals surface area (Å²) >= 11 is 3.35. The number of nitrogens with zero attached hydrogens (tertiary/aromatic N) is 3. The molecule has 5 nitrogen and oxygen atoms in total. The Morgan fingerprint density at radius 1 is 1.22 bits per heavy atom. The molecule has 0 fully saturated rings. The molecule has 0 radical (unpaired) electrons. The van der Waals surface area contributed by atoms with E-state index in [1.54, 1.807) is 35.2 Å². The quantitative estimate of drug-likeness (QED) is 0.739. The van der Waals surface area contributed by atoms with Crippen LogP contribution in [0.3, 0.4) is 0 Å². The van der Waals surface area contributed by atoms with Crippen molar-refractivity contribution in [3.8, 4) is 11.6 Å². The summed E-state index contributed by atoms with van der Waals surface area (Å²) in [4.78, 5) is 4.19. The number of nitrogen functional groups attached to an aromatic ring is 1. The fraction of sp³-hybridized carbons (Fsp3) is 0. The standard InChI is InChI=1S/C12H9BrN4O/c13-8-1-2-11(9(14)7-8)18-12-10-3-4-16-17(10)6-5-15-12/h1-7H,14H2. The number of hydrogen-bond acceptors (Lipinski definition) is 4. The van der Waals surface area contributed by atoms with Gasteiger partial charge < -0.3 is 10.5 Å². The highest BCUT2D eigenvalue weighted by atomic mass is 79.9. The zero-order valence-corrected chi connectivity index (χ0v) is 10.8. The number of benzene rings is 1.